The highest BCUT2D eigenvalue weighted by Crippen LogP contribution is 2.30. The van der Waals surface area contributed by atoms with Gasteiger partial charge in [0.25, 0.3) is 0 Å². The number of esters is 3. The Morgan fingerprint density at radius 1 is 0.514 bits per heavy atom. The Morgan fingerprint density at radius 3 is 1.11 bits per heavy atom. The van der Waals surface area contributed by atoms with Gasteiger partial charge in [-0.25, -0.2) is 14.4 Å². The van der Waals surface area contributed by atoms with E-state index in [2.05, 4.69) is 0 Å². The van der Waals surface area contributed by atoms with Gasteiger partial charge in [0.05, 0.1) is 28.9 Å². The van der Waals surface area contributed by atoms with Gasteiger partial charge in [0.1, 0.15) is 0 Å². The number of rotatable bonds is 6. The predicted molar refractivity (Wildman–Crippen MR) is 127 cm³/mol. The third-order valence-corrected chi connectivity index (χ3v) is 5.76. The molecule has 0 N–H and O–H groups in total. The summed E-state index contributed by atoms with van der Waals surface area (Å²) in [5.41, 5.74) is 0.995. The highest BCUT2D eigenvalue weighted by atomic mass is 16.6. The van der Waals surface area contributed by atoms with E-state index in [4.69, 9.17) is 18.9 Å². The predicted octanol–water partition coefficient (Wildman–Crippen LogP) is 4.47. The van der Waals surface area contributed by atoms with Crippen molar-refractivity contribution in [2.45, 2.75) is 44.4 Å². The molecular weight excluding hydrogens is 448 g/mol. The van der Waals surface area contributed by atoms with Crippen molar-refractivity contribution in [2.24, 2.45) is 0 Å². The zero-order valence-electron chi connectivity index (χ0n) is 19.4. The summed E-state index contributed by atoms with van der Waals surface area (Å²) in [5, 5.41) is 0. The lowest BCUT2D eigenvalue weighted by molar-refractivity contribution is -0.212. The van der Waals surface area contributed by atoms with E-state index in [-0.39, 0.29) is 0 Å². The van der Waals surface area contributed by atoms with Gasteiger partial charge < -0.3 is 18.9 Å². The van der Waals surface area contributed by atoms with Crippen LogP contribution in [-0.4, -0.2) is 48.4 Å². The van der Waals surface area contributed by atoms with Crippen LogP contribution >= 0.6 is 0 Å². The Hall–Kier alpha value is -3.97. The smallest absolute Gasteiger partial charge is 0.338 e. The first-order valence-electron chi connectivity index (χ1n) is 11.4. The van der Waals surface area contributed by atoms with Crippen molar-refractivity contribution in [1.29, 1.82) is 0 Å². The summed E-state index contributed by atoms with van der Waals surface area (Å²) in [5.74, 6) is -1.83. The van der Waals surface area contributed by atoms with Gasteiger partial charge in [-0.3, -0.25) is 0 Å². The molecule has 7 nitrogen and oxygen atoms in total. The van der Waals surface area contributed by atoms with Gasteiger partial charge in [-0.1, -0.05) is 54.6 Å². The Balaban J connectivity index is 1.63. The standard InChI is InChI=1S/C28H26O7/c1-18-23(33-26(29)20-12-6-3-7-13-20)25(35-28(31)22-16-10-5-11-17-22)24(19(2)32-18)34-27(30)21-14-8-4-9-15-21/h3-19,23-25H,1-2H3/t18-,19?,23?,24-,25?/m0/s1. The van der Waals surface area contributed by atoms with Gasteiger partial charge in [-0.2, -0.15) is 0 Å². The summed E-state index contributed by atoms with van der Waals surface area (Å²) in [4.78, 5) is 38.7. The number of carbonyl (C=O) groups excluding carboxylic acids is 3. The summed E-state index contributed by atoms with van der Waals surface area (Å²) in [6.07, 6.45) is -4.38. The van der Waals surface area contributed by atoms with E-state index < -0.39 is 48.4 Å². The summed E-state index contributed by atoms with van der Waals surface area (Å²) < 4.78 is 23.3. The molecule has 0 radical (unpaired) electrons. The minimum Gasteiger partial charge on any atom is -0.452 e. The molecule has 0 spiro atoms. The van der Waals surface area contributed by atoms with E-state index in [1.807, 2.05) is 0 Å². The minimum atomic E-state index is -1.10. The summed E-state index contributed by atoms with van der Waals surface area (Å²) in [6, 6.07) is 25.4. The van der Waals surface area contributed by atoms with Crippen LogP contribution in [0.2, 0.25) is 0 Å². The van der Waals surface area contributed by atoms with Crippen LogP contribution in [0.5, 0.6) is 0 Å². The number of carbonyl (C=O) groups is 3. The number of hydrogen-bond donors (Lipinski definition) is 0. The molecule has 1 fully saturated rings. The van der Waals surface area contributed by atoms with Crippen molar-refractivity contribution in [3.05, 3.63) is 108 Å². The zero-order valence-corrected chi connectivity index (χ0v) is 19.4. The van der Waals surface area contributed by atoms with Crippen molar-refractivity contribution in [2.75, 3.05) is 0 Å². The van der Waals surface area contributed by atoms with E-state index in [1.165, 1.54) is 0 Å². The Labute approximate surface area is 203 Å². The van der Waals surface area contributed by atoms with Crippen LogP contribution in [0.1, 0.15) is 44.9 Å². The van der Waals surface area contributed by atoms with E-state index in [0.29, 0.717) is 16.7 Å². The SMILES string of the molecule is CC1O[C@@H](C)C(OC(=O)c2ccccc2)C(OC(=O)c2ccccc2)[C@H]1OC(=O)c1ccccc1. The van der Waals surface area contributed by atoms with Crippen LogP contribution in [0, 0.1) is 0 Å². The highest BCUT2D eigenvalue weighted by Gasteiger charge is 2.49. The fraction of sp³-hybridized carbons (Fsp3) is 0.250. The van der Waals surface area contributed by atoms with Crippen LogP contribution in [0.15, 0.2) is 91.0 Å². The third kappa shape index (κ3) is 5.75. The molecule has 5 atom stereocenters. The lowest BCUT2D eigenvalue weighted by Crippen LogP contribution is -2.60. The van der Waals surface area contributed by atoms with Crippen molar-refractivity contribution in [1.82, 2.24) is 0 Å². The molecule has 0 amide bonds. The topological polar surface area (TPSA) is 88.1 Å². The molecule has 1 heterocycles. The van der Waals surface area contributed by atoms with Crippen LogP contribution in [0.3, 0.4) is 0 Å². The molecule has 35 heavy (non-hydrogen) atoms. The second-order valence-corrected chi connectivity index (χ2v) is 8.25. The molecule has 7 heteroatoms. The Bertz CT molecular complexity index is 1080. The third-order valence-electron chi connectivity index (χ3n) is 5.76. The van der Waals surface area contributed by atoms with Crippen LogP contribution in [-0.2, 0) is 18.9 Å². The average Bonchev–Trinajstić information content (AvgIpc) is 2.89. The van der Waals surface area contributed by atoms with Gasteiger partial charge in [-0.15, -0.1) is 0 Å². The van der Waals surface area contributed by atoms with Gasteiger partial charge >= 0.3 is 17.9 Å². The first-order valence-corrected chi connectivity index (χ1v) is 11.4. The average molecular weight is 475 g/mol. The van der Waals surface area contributed by atoms with Gasteiger partial charge in [0, 0.05) is 0 Å². The highest BCUT2D eigenvalue weighted by molar-refractivity contribution is 5.91. The molecule has 0 aromatic heterocycles. The maximum Gasteiger partial charge on any atom is 0.338 e. The molecule has 1 saturated heterocycles. The molecule has 180 valence electrons. The van der Waals surface area contributed by atoms with Gasteiger partial charge in [0.15, 0.2) is 18.3 Å². The zero-order chi connectivity index (χ0) is 24.8. The van der Waals surface area contributed by atoms with Gasteiger partial charge in [0.2, 0.25) is 0 Å². The molecule has 3 aromatic carbocycles. The first kappa shape index (κ1) is 24.2. The number of hydrogen-bond acceptors (Lipinski definition) is 7. The fourth-order valence-electron chi connectivity index (χ4n) is 3.97. The summed E-state index contributed by atoms with van der Waals surface area (Å²) >= 11 is 0. The van der Waals surface area contributed by atoms with Crippen LogP contribution < -0.4 is 0 Å². The van der Waals surface area contributed by atoms with Crippen molar-refractivity contribution in [3.63, 3.8) is 0 Å². The van der Waals surface area contributed by atoms with E-state index in [1.54, 1.807) is 105 Å². The number of ether oxygens (including phenoxy) is 4. The van der Waals surface area contributed by atoms with E-state index in [9.17, 15) is 14.4 Å². The lowest BCUT2D eigenvalue weighted by Gasteiger charge is -2.43. The molecule has 0 bridgehead atoms. The van der Waals surface area contributed by atoms with Crippen molar-refractivity contribution < 1.29 is 33.3 Å². The molecule has 1 aliphatic rings. The molecular formula is C28H26O7. The summed E-state index contributed by atoms with van der Waals surface area (Å²) in [7, 11) is 0. The molecule has 4 rings (SSSR count). The van der Waals surface area contributed by atoms with Crippen molar-refractivity contribution in [3.8, 4) is 0 Å². The Kier molecular flexibility index (Phi) is 7.57. The van der Waals surface area contributed by atoms with Crippen molar-refractivity contribution >= 4 is 17.9 Å². The summed E-state index contributed by atoms with van der Waals surface area (Å²) in [6.45, 7) is 3.44. The molecule has 3 aromatic rings. The maximum atomic E-state index is 13.0. The normalized spacial score (nSPS) is 23.7. The molecule has 3 unspecified atom stereocenters. The van der Waals surface area contributed by atoms with Gasteiger partial charge in [-0.05, 0) is 50.2 Å². The van der Waals surface area contributed by atoms with E-state index >= 15 is 0 Å². The lowest BCUT2D eigenvalue weighted by atomic mass is 9.95. The van der Waals surface area contributed by atoms with Crippen LogP contribution in [0.25, 0.3) is 0 Å². The molecule has 1 aliphatic heterocycles. The number of benzene rings is 3. The Morgan fingerprint density at radius 2 is 0.800 bits per heavy atom. The second-order valence-electron chi connectivity index (χ2n) is 8.25. The van der Waals surface area contributed by atoms with E-state index in [0.717, 1.165) is 0 Å². The first-order chi connectivity index (χ1) is 16.9. The monoisotopic (exact) mass is 474 g/mol. The largest absolute Gasteiger partial charge is 0.452 e. The molecule has 0 saturated carbocycles. The second kappa shape index (κ2) is 11.0. The maximum absolute atomic E-state index is 13.0. The molecule has 0 aliphatic carbocycles. The van der Waals surface area contributed by atoms with Crippen LogP contribution in [0.4, 0.5) is 0 Å². The quantitative estimate of drug-likeness (QED) is 0.385. The minimum absolute atomic E-state index is 0.320. The fourth-order valence-corrected chi connectivity index (χ4v) is 3.97.